The van der Waals surface area contributed by atoms with Crippen LogP contribution in [0.5, 0.6) is 0 Å². The Hall–Kier alpha value is -4.67. The van der Waals surface area contributed by atoms with Crippen LogP contribution < -0.4 is 10.6 Å². The number of hydrogen-bond donors (Lipinski definition) is 3. The molecule has 380 valence electrons. The Morgan fingerprint density at radius 2 is 1.51 bits per heavy atom. The summed E-state index contributed by atoms with van der Waals surface area (Å²) < 4.78 is 12.1. The van der Waals surface area contributed by atoms with Crippen LogP contribution in [-0.4, -0.2) is 149 Å². The number of hydrogen-bond acceptors (Lipinski definition) is 10. The number of carbonyl (C=O) groups is 7. The first-order valence-electron chi connectivity index (χ1n) is 25.1. The van der Waals surface area contributed by atoms with Gasteiger partial charge in [0.2, 0.25) is 29.5 Å². The molecule has 68 heavy (non-hydrogen) atoms. The Labute approximate surface area is 405 Å². The summed E-state index contributed by atoms with van der Waals surface area (Å²) in [5, 5.41) is 16.9. The fourth-order valence-corrected chi connectivity index (χ4v) is 10.8. The lowest BCUT2D eigenvalue weighted by atomic mass is 9.88. The van der Waals surface area contributed by atoms with Crippen LogP contribution in [-0.2, 0) is 43.0 Å². The molecular weight excluding hydrogens is 869 g/mol. The van der Waals surface area contributed by atoms with Gasteiger partial charge in [0.05, 0.1) is 48.8 Å². The molecule has 16 nitrogen and oxygen atoms in total. The number of nitrogens with zero attached hydrogens (tertiary/aromatic N) is 4. The summed E-state index contributed by atoms with van der Waals surface area (Å²) in [5.74, 6) is -3.21. The molecule has 1 aromatic rings. The van der Waals surface area contributed by atoms with Gasteiger partial charge in [0, 0.05) is 59.0 Å². The number of likely N-dealkylation sites (N-methyl/N-ethyl adjacent to an activating group) is 1. The van der Waals surface area contributed by atoms with Crippen molar-refractivity contribution < 1.29 is 48.1 Å². The van der Waals surface area contributed by atoms with Crippen molar-refractivity contribution in [2.45, 2.75) is 175 Å². The SMILES string of the molecule is CCC(C)C(C(CC(=O)N1CCCC1C(OC)C(C)C(=O)NC(C)C(O)c1ccccc1)OC)N(C)C(=O)[C@@H](NC(=O)C1C(C)[C@H](C)C(CC)N1C(=O)CCCCCN1C(=O)C=CC1=O)C(C)C. The summed E-state index contributed by atoms with van der Waals surface area (Å²) in [7, 11) is 4.77. The maximum Gasteiger partial charge on any atom is 0.253 e. The Bertz CT molecular complexity index is 1890. The van der Waals surface area contributed by atoms with Gasteiger partial charge in [0.1, 0.15) is 12.1 Å². The number of benzene rings is 1. The number of methoxy groups -OCH3 is 2. The van der Waals surface area contributed by atoms with E-state index < -0.39 is 54.4 Å². The van der Waals surface area contributed by atoms with Gasteiger partial charge in [-0.2, -0.15) is 0 Å². The zero-order chi connectivity index (χ0) is 50.6. The summed E-state index contributed by atoms with van der Waals surface area (Å²) in [5.41, 5.74) is 0.691. The van der Waals surface area contributed by atoms with Gasteiger partial charge in [0.25, 0.3) is 11.8 Å². The number of aliphatic hydroxyl groups is 1. The second kappa shape index (κ2) is 25.8. The number of carbonyl (C=O) groups excluding carboxylic acids is 7. The van der Waals surface area contributed by atoms with Crippen molar-refractivity contribution in [2.24, 2.45) is 29.6 Å². The van der Waals surface area contributed by atoms with E-state index in [1.165, 1.54) is 31.3 Å². The molecule has 3 heterocycles. The van der Waals surface area contributed by atoms with E-state index in [4.69, 9.17) is 9.47 Å². The van der Waals surface area contributed by atoms with Crippen LogP contribution in [0.2, 0.25) is 0 Å². The molecule has 0 aliphatic carbocycles. The molecule has 2 saturated heterocycles. The number of nitrogens with one attached hydrogen (secondary N) is 2. The number of aliphatic hydroxyl groups excluding tert-OH is 1. The van der Waals surface area contributed by atoms with E-state index in [9.17, 15) is 38.7 Å². The number of likely N-dealkylation sites (tertiary alicyclic amines) is 2. The van der Waals surface area contributed by atoms with Crippen LogP contribution in [0.25, 0.3) is 0 Å². The third kappa shape index (κ3) is 13.1. The summed E-state index contributed by atoms with van der Waals surface area (Å²) in [6.45, 7) is 18.1. The number of unbranched alkanes of at least 4 members (excludes halogenated alkanes) is 2. The van der Waals surface area contributed by atoms with Crippen LogP contribution >= 0.6 is 0 Å². The Morgan fingerprint density at radius 3 is 2.09 bits per heavy atom. The highest BCUT2D eigenvalue weighted by Gasteiger charge is 2.50. The highest BCUT2D eigenvalue weighted by atomic mass is 16.5. The van der Waals surface area contributed by atoms with Gasteiger partial charge in [-0.15, -0.1) is 0 Å². The predicted molar refractivity (Wildman–Crippen MR) is 259 cm³/mol. The number of ether oxygens (including phenoxy) is 2. The van der Waals surface area contributed by atoms with E-state index in [1.54, 1.807) is 47.7 Å². The van der Waals surface area contributed by atoms with Gasteiger partial charge >= 0.3 is 0 Å². The van der Waals surface area contributed by atoms with E-state index in [-0.39, 0.29) is 90.5 Å². The minimum absolute atomic E-state index is 0.0300. The predicted octanol–water partition coefficient (Wildman–Crippen LogP) is 5.03. The average molecular weight is 951 g/mol. The lowest BCUT2D eigenvalue weighted by molar-refractivity contribution is -0.148. The maximum atomic E-state index is 14.8. The van der Waals surface area contributed by atoms with Gasteiger partial charge < -0.3 is 39.9 Å². The van der Waals surface area contributed by atoms with E-state index in [0.717, 1.165) is 6.42 Å². The number of imide groups is 1. The van der Waals surface area contributed by atoms with Crippen molar-refractivity contribution in [3.63, 3.8) is 0 Å². The van der Waals surface area contributed by atoms with Crippen LogP contribution in [0.15, 0.2) is 42.5 Å². The molecular formula is C52H82N6O10. The summed E-state index contributed by atoms with van der Waals surface area (Å²) in [6, 6.07) is 5.73. The molecule has 11 unspecified atom stereocenters. The maximum absolute atomic E-state index is 14.8. The first kappa shape index (κ1) is 55.9. The van der Waals surface area contributed by atoms with Crippen molar-refractivity contribution in [1.82, 2.24) is 30.2 Å². The summed E-state index contributed by atoms with van der Waals surface area (Å²) in [4.78, 5) is 102. The first-order valence-corrected chi connectivity index (χ1v) is 25.1. The minimum atomic E-state index is -0.938. The van der Waals surface area contributed by atoms with Crippen LogP contribution in [0.1, 0.15) is 132 Å². The van der Waals surface area contributed by atoms with Gasteiger partial charge in [-0.3, -0.25) is 38.5 Å². The fourth-order valence-electron chi connectivity index (χ4n) is 10.8. The van der Waals surface area contributed by atoms with Gasteiger partial charge in [-0.25, -0.2) is 0 Å². The zero-order valence-corrected chi connectivity index (χ0v) is 42.8. The molecule has 0 radical (unpaired) electrons. The van der Waals surface area contributed by atoms with Crippen molar-refractivity contribution in [3.8, 4) is 0 Å². The smallest absolute Gasteiger partial charge is 0.253 e. The number of amides is 7. The fraction of sp³-hybridized carbons (Fsp3) is 0.712. The zero-order valence-electron chi connectivity index (χ0n) is 42.8. The monoisotopic (exact) mass is 951 g/mol. The van der Waals surface area contributed by atoms with Gasteiger partial charge in [-0.1, -0.05) is 98.6 Å². The van der Waals surface area contributed by atoms with Gasteiger partial charge in [0.15, 0.2) is 0 Å². The van der Waals surface area contributed by atoms with Crippen molar-refractivity contribution in [1.29, 1.82) is 0 Å². The quantitative estimate of drug-likeness (QED) is 0.0884. The Kier molecular flexibility index (Phi) is 21.2. The molecule has 2 fully saturated rings. The Morgan fingerprint density at radius 1 is 0.868 bits per heavy atom. The molecule has 1 aromatic carbocycles. The largest absolute Gasteiger partial charge is 0.386 e. The standard InChI is InChI=1S/C52H82N6O10/c1-13-32(5)46(40(67-11)30-44(62)56-29-21-24-39(56)49(68-12)35(8)50(64)53-36(9)48(63)37-22-17-15-18-23-37)55(10)52(66)45(31(3)4)54-51(65)47-34(7)33(6)38(14-2)58(47)43(61)25-19-16-20-28-57-41(59)26-27-42(57)60/h15,17-18,22-23,26-27,31-36,38-40,45-49,63H,13-14,16,19-21,24-25,28-30H2,1-12H3,(H,53,64)(H,54,65)/t32?,33-,34?,35?,36?,38?,39?,40?,45-,46?,47?,48?,49?/m0/s1. The highest BCUT2D eigenvalue weighted by Crippen LogP contribution is 2.38. The second-order valence-corrected chi connectivity index (χ2v) is 19.9. The van der Waals surface area contributed by atoms with Crippen LogP contribution in [0.3, 0.4) is 0 Å². The van der Waals surface area contributed by atoms with Crippen molar-refractivity contribution in [2.75, 3.05) is 34.4 Å². The highest BCUT2D eigenvalue weighted by molar-refractivity contribution is 6.12. The second-order valence-electron chi connectivity index (χ2n) is 19.9. The van der Waals surface area contributed by atoms with Crippen LogP contribution in [0.4, 0.5) is 0 Å². The van der Waals surface area contributed by atoms with Crippen LogP contribution in [0, 0.1) is 29.6 Å². The molecule has 4 rings (SSSR count). The molecule has 3 aliphatic rings. The van der Waals surface area contributed by atoms with Crippen molar-refractivity contribution in [3.05, 3.63) is 48.0 Å². The lowest BCUT2D eigenvalue weighted by Gasteiger charge is -2.41. The third-order valence-electron chi connectivity index (χ3n) is 15.2. The van der Waals surface area contributed by atoms with E-state index >= 15 is 0 Å². The third-order valence-corrected chi connectivity index (χ3v) is 15.2. The van der Waals surface area contributed by atoms with E-state index in [1.807, 2.05) is 59.7 Å². The van der Waals surface area contributed by atoms with E-state index in [0.29, 0.717) is 50.6 Å². The first-order chi connectivity index (χ1) is 32.2. The molecule has 13 atom stereocenters. The molecule has 0 bridgehead atoms. The minimum Gasteiger partial charge on any atom is -0.386 e. The summed E-state index contributed by atoms with van der Waals surface area (Å²) >= 11 is 0. The summed E-state index contributed by atoms with van der Waals surface area (Å²) in [6.07, 6.45) is 4.88. The topological polar surface area (TPSA) is 195 Å². The van der Waals surface area contributed by atoms with E-state index in [2.05, 4.69) is 17.6 Å². The lowest BCUT2D eigenvalue weighted by Crippen LogP contribution is -2.60. The average Bonchev–Trinajstić information content (AvgIpc) is 4.01. The molecule has 16 heteroatoms. The molecule has 3 N–H and O–H groups in total. The Balaban J connectivity index is 1.45. The molecule has 0 spiro atoms. The number of rotatable bonds is 25. The molecule has 3 aliphatic heterocycles. The molecule has 0 saturated carbocycles. The molecule has 0 aromatic heterocycles. The van der Waals surface area contributed by atoms with Gasteiger partial charge in [-0.05, 0) is 68.3 Å². The van der Waals surface area contributed by atoms with Crippen molar-refractivity contribution >= 4 is 41.4 Å². The normalized spacial score (nSPS) is 24.1. The molecule has 7 amide bonds.